The van der Waals surface area contributed by atoms with Crippen LogP contribution < -0.4 is 5.32 Å². The summed E-state index contributed by atoms with van der Waals surface area (Å²) in [6.07, 6.45) is 11.4. The van der Waals surface area contributed by atoms with Crippen molar-refractivity contribution >= 4 is 0 Å². The summed E-state index contributed by atoms with van der Waals surface area (Å²) in [4.78, 5) is 0. The van der Waals surface area contributed by atoms with Crippen LogP contribution in [0.1, 0.15) is 71.6 Å². The standard InChI is InChI=1S/C16H31NO/c1-13-7-6-10-16(18,11-13)12-17-14(2)15-8-4-3-5-9-15/h13-15,17-18H,3-12H2,1-2H3. The van der Waals surface area contributed by atoms with Gasteiger partial charge >= 0.3 is 0 Å². The molecule has 0 heterocycles. The minimum absolute atomic E-state index is 0.430. The van der Waals surface area contributed by atoms with E-state index in [0.29, 0.717) is 12.0 Å². The van der Waals surface area contributed by atoms with E-state index >= 15 is 0 Å². The van der Waals surface area contributed by atoms with Gasteiger partial charge in [0.2, 0.25) is 0 Å². The van der Waals surface area contributed by atoms with Crippen molar-refractivity contribution in [1.82, 2.24) is 5.32 Å². The molecule has 0 bridgehead atoms. The van der Waals surface area contributed by atoms with Crippen LogP contribution >= 0.6 is 0 Å². The van der Waals surface area contributed by atoms with Crippen molar-refractivity contribution in [3.63, 3.8) is 0 Å². The SMILES string of the molecule is CC1CCCC(O)(CNC(C)C2CCCCC2)C1. The maximum atomic E-state index is 10.6. The molecule has 2 fully saturated rings. The summed E-state index contributed by atoms with van der Waals surface area (Å²) in [5.41, 5.74) is -0.430. The van der Waals surface area contributed by atoms with Crippen LogP contribution in [0.25, 0.3) is 0 Å². The molecule has 3 unspecified atom stereocenters. The van der Waals surface area contributed by atoms with Gasteiger partial charge < -0.3 is 10.4 Å². The summed E-state index contributed by atoms with van der Waals surface area (Å²) in [6, 6.07) is 0.576. The average molecular weight is 253 g/mol. The van der Waals surface area contributed by atoms with Crippen molar-refractivity contribution in [1.29, 1.82) is 0 Å². The van der Waals surface area contributed by atoms with Crippen LogP contribution in [0.15, 0.2) is 0 Å². The molecule has 0 aliphatic heterocycles. The number of hydrogen-bond acceptors (Lipinski definition) is 2. The fraction of sp³-hybridized carbons (Fsp3) is 1.00. The summed E-state index contributed by atoms with van der Waals surface area (Å²) in [7, 11) is 0. The highest BCUT2D eigenvalue weighted by Crippen LogP contribution is 2.32. The van der Waals surface area contributed by atoms with Gasteiger partial charge in [0, 0.05) is 12.6 Å². The highest BCUT2D eigenvalue weighted by Gasteiger charge is 2.33. The van der Waals surface area contributed by atoms with Gasteiger partial charge in [0.15, 0.2) is 0 Å². The Balaban J connectivity index is 1.75. The van der Waals surface area contributed by atoms with Gasteiger partial charge in [0.25, 0.3) is 0 Å². The first kappa shape index (κ1) is 14.3. The Hall–Kier alpha value is -0.0800. The number of rotatable bonds is 4. The van der Waals surface area contributed by atoms with E-state index in [1.807, 2.05) is 0 Å². The Bertz CT molecular complexity index is 249. The molecule has 2 nitrogen and oxygen atoms in total. The fourth-order valence-electron chi connectivity index (χ4n) is 3.94. The highest BCUT2D eigenvalue weighted by atomic mass is 16.3. The predicted octanol–water partition coefficient (Wildman–Crippen LogP) is 3.49. The summed E-state index contributed by atoms with van der Waals surface area (Å²) in [5, 5.41) is 14.3. The normalized spacial score (nSPS) is 36.5. The lowest BCUT2D eigenvalue weighted by Crippen LogP contribution is -2.48. The van der Waals surface area contributed by atoms with Gasteiger partial charge in [-0.15, -0.1) is 0 Å². The van der Waals surface area contributed by atoms with Crippen molar-refractivity contribution in [2.45, 2.75) is 83.3 Å². The van der Waals surface area contributed by atoms with Gasteiger partial charge in [-0.1, -0.05) is 39.0 Å². The lowest BCUT2D eigenvalue weighted by Gasteiger charge is -2.38. The zero-order chi connectivity index (χ0) is 13.0. The molecule has 2 N–H and O–H groups in total. The fourth-order valence-corrected chi connectivity index (χ4v) is 3.94. The van der Waals surface area contributed by atoms with Crippen LogP contribution in [-0.4, -0.2) is 23.3 Å². The van der Waals surface area contributed by atoms with Gasteiger partial charge in [-0.2, -0.15) is 0 Å². The monoisotopic (exact) mass is 253 g/mol. The van der Waals surface area contributed by atoms with Crippen molar-refractivity contribution < 1.29 is 5.11 Å². The quantitative estimate of drug-likeness (QED) is 0.804. The maximum absolute atomic E-state index is 10.6. The molecule has 0 aromatic carbocycles. The third kappa shape index (κ3) is 3.96. The van der Waals surface area contributed by atoms with E-state index in [-0.39, 0.29) is 0 Å². The topological polar surface area (TPSA) is 32.3 Å². The van der Waals surface area contributed by atoms with Crippen LogP contribution in [-0.2, 0) is 0 Å². The molecule has 3 atom stereocenters. The van der Waals surface area contributed by atoms with E-state index in [9.17, 15) is 5.11 Å². The van der Waals surface area contributed by atoms with E-state index in [2.05, 4.69) is 19.2 Å². The summed E-state index contributed by atoms with van der Waals surface area (Å²) in [6.45, 7) is 5.38. The third-order valence-electron chi connectivity index (χ3n) is 5.18. The lowest BCUT2D eigenvalue weighted by molar-refractivity contribution is -0.0151. The molecule has 0 saturated heterocycles. The van der Waals surface area contributed by atoms with Crippen LogP contribution in [0.5, 0.6) is 0 Å². The first-order valence-electron chi connectivity index (χ1n) is 8.05. The zero-order valence-corrected chi connectivity index (χ0v) is 12.3. The third-order valence-corrected chi connectivity index (χ3v) is 5.18. The van der Waals surface area contributed by atoms with Gasteiger partial charge in [-0.05, 0) is 44.4 Å². The van der Waals surface area contributed by atoms with E-state index < -0.39 is 5.60 Å². The lowest BCUT2D eigenvalue weighted by atomic mass is 9.78. The van der Waals surface area contributed by atoms with Gasteiger partial charge in [-0.3, -0.25) is 0 Å². The Morgan fingerprint density at radius 3 is 2.56 bits per heavy atom. The Morgan fingerprint density at radius 1 is 1.17 bits per heavy atom. The molecular weight excluding hydrogens is 222 g/mol. The number of aliphatic hydroxyl groups is 1. The maximum Gasteiger partial charge on any atom is 0.0774 e. The van der Waals surface area contributed by atoms with Gasteiger partial charge in [0.05, 0.1) is 5.60 Å². The molecule has 2 saturated carbocycles. The summed E-state index contributed by atoms with van der Waals surface area (Å²) < 4.78 is 0. The molecular formula is C16H31NO. The Labute approximate surface area is 113 Å². The predicted molar refractivity (Wildman–Crippen MR) is 76.6 cm³/mol. The first-order chi connectivity index (χ1) is 8.59. The van der Waals surface area contributed by atoms with Crippen molar-refractivity contribution in [3.05, 3.63) is 0 Å². The van der Waals surface area contributed by atoms with Gasteiger partial charge in [0.1, 0.15) is 0 Å². The van der Waals surface area contributed by atoms with E-state index in [1.165, 1.54) is 44.9 Å². The molecule has 2 rings (SSSR count). The van der Waals surface area contributed by atoms with E-state index in [0.717, 1.165) is 25.3 Å². The summed E-state index contributed by atoms with van der Waals surface area (Å²) >= 11 is 0. The number of nitrogens with one attached hydrogen (secondary N) is 1. The molecule has 0 aromatic rings. The summed E-state index contributed by atoms with van der Waals surface area (Å²) in [5.74, 6) is 1.53. The Morgan fingerprint density at radius 2 is 1.89 bits per heavy atom. The van der Waals surface area contributed by atoms with Crippen LogP contribution in [0, 0.1) is 11.8 Å². The molecule has 0 amide bonds. The highest BCUT2D eigenvalue weighted by molar-refractivity contribution is 4.88. The molecule has 18 heavy (non-hydrogen) atoms. The average Bonchev–Trinajstić information content (AvgIpc) is 2.37. The van der Waals surface area contributed by atoms with Crippen LogP contribution in [0.2, 0.25) is 0 Å². The second-order valence-electron chi connectivity index (χ2n) is 6.99. The van der Waals surface area contributed by atoms with Crippen LogP contribution in [0.3, 0.4) is 0 Å². The second-order valence-corrected chi connectivity index (χ2v) is 6.99. The van der Waals surface area contributed by atoms with Crippen LogP contribution in [0.4, 0.5) is 0 Å². The van der Waals surface area contributed by atoms with E-state index in [4.69, 9.17) is 0 Å². The largest absolute Gasteiger partial charge is 0.389 e. The van der Waals surface area contributed by atoms with Crippen molar-refractivity contribution in [3.8, 4) is 0 Å². The van der Waals surface area contributed by atoms with Crippen molar-refractivity contribution in [2.24, 2.45) is 11.8 Å². The smallest absolute Gasteiger partial charge is 0.0774 e. The molecule has 0 spiro atoms. The molecule has 2 aliphatic carbocycles. The zero-order valence-electron chi connectivity index (χ0n) is 12.3. The first-order valence-corrected chi connectivity index (χ1v) is 8.05. The molecule has 2 aliphatic rings. The second kappa shape index (κ2) is 6.38. The van der Waals surface area contributed by atoms with Gasteiger partial charge in [-0.25, -0.2) is 0 Å². The Kier molecular flexibility index (Phi) is 5.08. The minimum atomic E-state index is -0.430. The molecule has 0 radical (unpaired) electrons. The minimum Gasteiger partial charge on any atom is -0.389 e. The van der Waals surface area contributed by atoms with Crippen molar-refractivity contribution in [2.75, 3.05) is 6.54 Å². The van der Waals surface area contributed by atoms with E-state index in [1.54, 1.807) is 0 Å². The molecule has 106 valence electrons. The number of hydrogen-bond donors (Lipinski definition) is 2. The molecule has 2 heteroatoms. The molecule has 0 aromatic heterocycles.